The van der Waals surface area contributed by atoms with Crippen LogP contribution in [0.25, 0.3) is 11.1 Å². The quantitative estimate of drug-likeness (QED) is 0.869. The van der Waals surface area contributed by atoms with E-state index in [1.165, 1.54) is 24.5 Å². The van der Waals surface area contributed by atoms with Gasteiger partial charge < -0.3 is 0 Å². The minimum Gasteiger partial charge on any atom is -0.207 e. The van der Waals surface area contributed by atoms with Crippen molar-refractivity contribution in [1.82, 2.24) is 9.19 Å². The molecule has 1 heterocycles. The summed E-state index contributed by atoms with van der Waals surface area (Å²) in [7, 11) is -3.54. The van der Waals surface area contributed by atoms with E-state index in [-0.39, 0.29) is 5.56 Å². The average molecular weight is 293 g/mol. The Morgan fingerprint density at radius 2 is 2.00 bits per heavy atom. The van der Waals surface area contributed by atoms with Crippen molar-refractivity contribution in [2.75, 3.05) is 0 Å². The highest BCUT2D eigenvalue weighted by molar-refractivity contribution is 7.90. The van der Waals surface area contributed by atoms with Crippen LogP contribution in [0.5, 0.6) is 0 Å². The van der Waals surface area contributed by atoms with Crippen LogP contribution >= 0.6 is 0 Å². The van der Waals surface area contributed by atoms with Crippen molar-refractivity contribution in [1.29, 1.82) is 5.26 Å². The van der Waals surface area contributed by atoms with Gasteiger partial charge >= 0.3 is 0 Å². The molecule has 0 aliphatic carbocycles. The second kappa shape index (κ2) is 5.06. The molecule has 1 aromatic heterocycles. The van der Waals surface area contributed by atoms with Crippen molar-refractivity contribution in [3.63, 3.8) is 0 Å². The number of aromatic nitrogens is 2. The summed E-state index contributed by atoms with van der Waals surface area (Å²) >= 11 is 0. The van der Waals surface area contributed by atoms with Crippen LogP contribution in [-0.4, -0.2) is 22.9 Å². The first-order valence-electron chi connectivity index (χ1n) is 5.84. The second-order valence-electron chi connectivity index (χ2n) is 4.54. The first kappa shape index (κ1) is 14.2. The number of nitrogens with zero attached hydrogens (tertiary/aromatic N) is 3. The molecule has 0 bridgehead atoms. The van der Waals surface area contributed by atoms with Gasteiger partial charge in [0, 0.05) is 5.56 Å². The summed E-state index contributed by atoms with van der Waals surface area (Å²) in [5, 5.41) is 12.0. The summed E-state index contributed by atoms with van der Waals surface area (Å²) in [6, 6.07) is 5.66. The van der Waals surface area contributed by atoms with Crippen molar-refractivity contribution < 1.29 is 12.8 Å². The molecule has 0 unspecified atom stereocenters. The van der Waals surface area contributed by atoms with E-state index >= 15 is 0 Å². The summed E-state index contributed by atoms with van der Waals surface area (Å²) in [4.78, 5) is 0. The zero-order valence-corrected chi connectivity index (χ0v) is 11.7. The number of halogens is 1. The number of hydrogen-bond acceptors (Lipinski definition) is 4. The van der Waals surface area contributed by atoms with Gasteiger partial charge in [0.15, 0.2) is 0 Å². The van der Waals surface area contributed by atoms with Crippen LogP contribution in [0.1, 0.15) is 19.4 Å². The lowest BCUT2D eigenvalue weighted by atomic mass is 10.1. The van der Waals surface area contributed by atoms with Crippen molar-refractivity contribution in [2.24, 2.45) is 0 Å². The van der Waals surface area contributed by atoms with Crippen molar-refractivity contribution in [3.05, 3.63) is 42.0 Å². The Kier molecular flexibility index (Phi) is 3.59. The number of rotatable bonds is 3. The summed E-state index contributed by atoms with van der Waals surface area (Å²) < 4.78 is 38.1. The van der Waals surface area contributed by atoms with E-state index in [1.54, 1.807) is 13.8 Å². The molecule has 1 aromatic carbocycles. The van der Waals surface area contributed by atoms with Gasteiger partial charge in [0.1, 0.15) is 5.82 Å². The maximum absolute atomic E-state index is 13.4. The Bertz CT molecular complexity index is 788. The molecule has 0 amide bonds. The Balaban J connectivity index is 2.50. The topological polar surface area (TPSA) is 75.8 Å². The van der Waals surface area contributed by atoms with Crippen LogP contribution in [0.4, 0.5) is 4.39 Å². The summed E-state index contributed by atoms with van der Waals surface area (Å²) in [5.74, 6) is -0.557. The normalized spacial score (nSPS) is 11.6. The van der Waals surface area contributed by atoms with Crippen molar-refractivity contribution in [2.45, 2.75) is 19.1 Å². The van der Waals surface area contributed by atoms with E-state index in [9.17, 15) is 12.8 Å². The highest BCUT2D eigenvalue weighted by atomic mass is 32.2. The molecular formula is C13H12FN3O2S. The van der Waals surface area contributed by atoms with E-state index in [0.717, 1.165) is 10.2 Å². The molecule has 0 radical (unpaired) electrons. The molecule has 20 heavy (non-hydrogen) atoms. The third-order valence-electron chi connectivity index (χ3n) is 2.78. The highest BCUT2D eigenvalue weighted by Crippen LogP contribution is 2.22. The third kappa shape index (κ3) is 2.56. The molecule has 0 aliphatic heterocycles. The molecular weight excluding hydrogens is 281 g/mol. The van der Waals surface area contributed by atoms with E-state index in [2.05, 4.69) is 5.10 Å². The molecule has 7 heteroatoms. The molecule has 0 spiro atoms. The predicted octanol–water partition coefficient (Wildman–Crippen LogP) is 2.15. The first-order chi connectivity index (χ1) is 9.34. The van der Waals surface area contributed by atoms with Gasteiger partial charge in [0.25, 0.3) is 10.0 Å². The highest BCUT2D eigenvalue weighted by Gasteiger charge is 2.20. The van der Waals surface area contributed by atoms with Gasteiger partial charge in [-0.15, -0.1) is 0 Å². The molecule has 0 aliphatic rings. The third-order valence-corrected chi connectivity index (χ3v) is 4.69. The molecule has 104 valence electrons. The molecule has 0 saturated heterocycles. The fourth-order valence-corrected chi connectivity index (χ4v) is 2.50. The number of benzene rings is 1. The van der Waals surface area contributed by atoms with Gasteiger partial charge in [-0.25, -0.2) is 12.8 Å². The van der Waals surface area contributed by atoms with Crippen LogP contribution in [-0.2, 0) is 10.0 Å². The first-order valence-corrected chi connectivity index (χ1v) is 7.35. The van der Waals surface area contributed by atoms with E-state index < -0.39 is 21.1 Å². The lowest BCUT2D eigenvalue weighted by Gasteiger charge is -2.06. The van der Waals surface area contributed by atoms with Crippen LogP contribution in [0.15, 0.2) is 30.6 Å². The van der Waals surface area contributed by atoms with Crippen LogP contribution < -0.4 is 0 Å². The van der Waals surface area contributed by atoms with Crippen molar-refractivity contribution in [3.8, 4) is 17.2 Å². The van der Waals surface area contributed by atoms with E-state index in [1.807, 2.05) is 6.07 Å². The van der Waals surface area contributed by atoms with Gasteiger partial charge in [-0.1, -0.05) is 0 Å². The van der Waals surface area contributed by atoms with Crippen LogP contribution in [0.3, 0.4) is 0 Å². The fraction of sp³-hybridized carbons (Fsp3) is 0.231. The molecule has 0 atom stereocenters. The smallest absolute Gasteiger partial charge is 0.207 e. The second-order valence-corrected chi connectivity index (χ2v) is 6.88. The molecule has 2 rings (SSSR count). The fourth-order valence-electron chi connectivity index (χ4n) is 1.63. The molecule has 5 nitrogen and oxygen atoms in total. The van der Waals surface area contributed by atoms with Gasteiger partial charge in [-0.2, -0.15) is 14.4 Å². The summed E-state index contributed by atoms with van der Waals surface area (Å²) in [5.41, 5.74) is 1.01. The average Bonchev–Trinajstić information content (AvgIpc) is 2.87. The minimum absolute atomic E-state index is 0.166. The van der Waals surface area contributed by atoms with Gasteiger partial charge in [0.2, 0.25) is 0 Å². The molecule has 2 aromatic rings. The van der Waals surface area contributed by atoms with Gasteiger partial charge in [-0.05, 0) is 37.6 Å². The number of hydrogen-bond donors (Lipinski definition) is 0. The zero-order valence-electron chi connectivity index (χ0n) is 10.9. The van der Waals surface area contributed by atoms with Crippen molar-refractivity contribution >= 4 is 10.0 Å². The Hall–Kier alpha value is -2.20. The Labute approximate surface area is 116 Å². The van der Waals surface area contributed by atoms with Crippen LogP contribution in [0.2, 0.25) is 0 Å². The molecule has 0 N–H and O–H groups in total. The minimum atomic E-state index is -3.54. The monoisotopic (exact) mass is 293 g/mol. The Morgan fingerprint density at radius 3 is 2.60 bits per heavy atom. The van der Waals surface area contributed by atoms with E-state index in [0.29, 0.717) is 11.1 Å². The Morgan fingerprint density at radius 1 is 1.30 bits per heavy atom. The van der Waals surface area contributed by atoms with Crippen LogP contribution in [0, 0.1) is 17.1 Å². The summed E-state index contributed by atoms with van der Waals surface area (Å²) in [6.45, 7) is 3.10. The molecule has 0 saturated carbocycles. The number of nitriles is 1. The largest absolute Gasteiger partial charge is 0.256 e. The molecule has 0 fully saturated rings. The van der Waals surface area contributed by atoms with Gasteiger partial charge in [-0.3, -0.25) is 0 Å². The zero-order chi connectivity index (χ0) is 14.9. The lowest BCUT2D eigenvalue weighted by molar-refractivity contribution is 0.571. The van der Waals surface area contributed by atoms with E-state index in [4.69, 9.17) is 5.26 Å². The lowest BCUT2D eigenvalue weighted by Crippen LogP contribution is -2.22. The van der Waals surface area contributed by atoms with Gasteiger partial charge in [0.05, 0.1) is 29.3 Å². The SMILES string of the molecule is CC(C)S(=O)(=O)n1cc(-c2cc(F)cc(C#N)c2)cn1. The maximum atomic E-state index is 13.4. The standard InChI is InChI=1S/C13H12FN3O2S/c1-9(2)20(18,19)17-8-12(7-16-17)11-3-10(6-15)4-13(14)5-11/h3-5,7-9H,1-2H3. The predicted molar refractivity (Wildman–Crippen MR) is 71.8 cm³/mol. The maximum Gasteiger partial charge on any atom is 0.256 e. The summed E-state index contributed by atoms with van der Waals surface area (Å²) in [6.07, 6.45) is 2.64.